The van der Waals surface area contributed by atoms with E-state index in [1.54, 1.807) is 6.92 Å². The van der Waals surface area contributed by atoms with Crippen LogP contribution < -0.4 is 4.74 Å². The van der Waals surface area contributed by atoms with Crippen LogP contribution in [0.1, 0.15) is 6.92 Å². The minimum Gasteiger partial charge on any atom is -0.489 e. The van der Waals surface area contributed by atoms with E-state index >= 15 is 0 Å². The second-order valence-electron chi connectivity index (χ2n) is 5.41. The van der Waals surface area contributed by atoms with Gasteiger partial charge in [-0.1, -0.05) is 55.1 Å². The second kappa shape index (κ2) is 6.53. The number of carbonyl (C=O) groups excluding carboxylic acids is 1. The molecule has 3 nitrogen and oxygen atoms in total. The topological polar surface area (TPSA) is 35.5 Å². The second-order valence-corrected chi connectivity index (χ2v) is 5.41. The fourth-order valence-electron chi connectivity index (χ4n) is 2.53. The Kier molecular flexibility index (Phi) is 4.29. The average Bonchev–Trinajstić information content (AvgIpc) is 2.57. The van der Waals surface area contributed by atoms with Gasteiger partial charge in [-0.2, -0.15) is 0 Å². The standard InChI is InChI=1S/C20H18O3/c1-14(2)20(21)23-12-11-22-19-17-9-5-3-7-15(17)13-16-8-4-6-10-18(16)19/h3-10,13H,1,11-12H2,2H3. The minimum atomic E-state index is -0.392. The molecule has 0 unspecified atom stereocenters. The van der Waals surface area contributed by atoms with Crippen LogP contribution in [0.3, 0.4) is 0 Å². The van der Waals surface area contributed by atoms with Gasteiger partial charge in [-0.15, -0.1) is 0 Å². The Hall–Kier alpha value is -2.81. The van der Waals surface area contributed by atoms with Crippen LogP contribution in [0.2, 0.25) is 0 Å². The van der Waals surface area contributed by atoms with Crippen molar-refractivity contribution in [1.29, 1.82) is 0 Å². The summed E-state index contributed by atoms with van der Waals surface area (Å²) in [6.45, 7) is 5.69. The fraction of sp³-hybridized carbons (Fsp3) is 0.150. The van der Waals surface area contributed by atoms with Crippen LogP contribution in [0.15, 0.2) is 66.7 Å². The van der Waals surface area contributed by atoms with Crippen molar-refractivity contribution >= 4 is 27.5 Å². The Balaban J connectivity index is 1.88. The molecule has 0 aliphatic heterocycles. The molecule has 0 bridgehead atoms. The zero-order valence-corrected chi connectivity index (χ0v) is 13.0. The Morgan fingerprint density at radius 1 is 0.957 bits per heavy atom. The smallest absolute Gasteiger partial charge is 0.333 e. The first-order valence-corrected chi connectivity index (χ1v) is 7.53. The van der Waals surface area contributed by atoms with Crippen molar-refractivity contribution < 1.29 is 14.3 Å². The van der Waals surface area contributed by atoms with Crippen molar-refractivity contribution in [3.8, 4) is 5.75 Å². The summed E-state index contributed by atoms with van der Waals surface area (Å²) in [5.74, 6) is 0.432. The van der Waals surface area contributed by atoms with E-state index in [-0.39, 0.29) is 6.61 Å². The normalized spacial score (nSPS) is 10.7. The summed E-state index contributed by atoms with van der Waals surface area (Å²) in [5, 5.41) is 4.36. The van der Waals surface area contributed by atoms with E-state index in [9.17, 15) is 4.79 Å². The van der Waals surface area contributed by atoms with E-state index in [1.807, 2.05) is 36.4 Å². The van der Waals surface area contributed by atoms with Gasteiger partial charge in [0.25, 0.3) is 0 Å². The van der Waals surface area contributed by atoms with Gasteiger partial charge in [0.05, 0.1) is 0 Å². The van der Waals surface area contributed by atoms with Crippen LogP contribution in [-0.4, -0.2) is 19.2 Å². The predicted octanol–water partition coefficient (Wildman–Crippen LogP) is 4.49. The summed E-state index contributed by atoms with van der Waals surface area (Å²) in [6.07, 6.45) is 0. The first-order chi connectivity index (χ1) is 11.2. The van der Waals surface area contributed by atoms with E-state index in [1.165, 1.54) is 0 Å². The first-order valence-electron chi connectivity index (χ1n) is 7.53. The van der Waals surface area contributed by atoms with Crippen molar-refractivity contribution in [3.63, 3.8) is 0 Å². The lowest BCUT2D eigenvalue weighted by molar-refractivity contribution is -0.139. The number of benzene rings is 3. The summed E-state index contributed by atoms with van der Waals surface area (Å²) in [7, 11) is 0. The minimum absolute atomic E-state index is 0.198. The number of rotatable bonds is 5. The highest BCUT2D eigenvalue weighted by Gasteiger charge is 2.09. The van der Waals surface area contributed by atoms with Gasteiger partial charge < -0.3 is 9.47 Å². The van der Waals surface area contributed by atoms with E-state index < -0.39 is 5.97 Å². The number of esters is 1. The van der Waals surface area contributed by atoms with Crippen molar-refractivity contribution in [2.75, 3.05) is 13.2 Å². The molecule has 0 saturated carbocycles. The lowest BCUT2D eigenvalue weighted by atomic mass is 10.0. The summed E-state index contributed by atoms with van der Waals surface area (Å²) in [6, 6.07) is 18.4. The van der Waals surface area contributed by atoms with Crippen molar-refractivity contribution in [3.05, 3.63) is 66.7 Å². The molecule has 3 aromatic rings. The Bertz CT molecular complexity index is 826. The molecule has 0 N–H and O–H groups in total. The number of hydrogen-bond acceptors (Lipinski definition) is 3. The molecule has 3 rings (SSSR count). The van der Waals surface area contributed by atoms with Gasteiger partial charge in [0.15, 0.2) is 0 Å². The van der Waals surface area contributed by atoms with Crippen LogP contribution in [0.25, 0.3) is 21.5 Å². The molecule has 0 atom stereocenters. The van der Waals surface area contributed by atoms with Gasteiger partial charge in [0, 0.05) is 16.3 Å². The Morgan fingerprint density at radius 2 is 1.52 bits per heavy atom. The van der Waals surface area contributed by atoms with E-state index in [0.717, 1.165) is 27.3 Å². The maximum Gasteiger partial charge on any atom is 0.333 e. The molecule has 0 fully saturated rings. The van der Waals surface area contributed by atoms with Crippen molar-refractivity contribution in [2.45, 2.75) is 6.92 Å². The van der Waals surface area contributed by atoms with E-state index in [4.69, 9.17) is 9.47 Å². The van der Waals surface area contributed by atoms with E-state index in [2.05, 4.69) is 24.8 Å². The highest BCUT2D eigenvalue weighted by Crippen LogP contribution is 2.34. The van der Waals surface area contributed by atoms with Gasteiger partial charge >= 0.3 is 5.97 Å². The van der Waals surface area contributed by atoms with Gasteiger partial charge in [0.2, 0.25) is 0 Å². The number of carbonyl (C=O) groups is 1. The van der Waals surface area contributed by atoms with Crippen molar-refractivity contribution in [2.24, 2.45) is 0 Å². The summed E-state index contributed by atoms with van der Waals surface area (Å²) < 4.78 is 11.0. The summed E-state index contributed by atoms with van der Waals surface area (Å²) in [4.78, 5) is 11.4. The van der Waals surface area contributed by atoms with Gasteiger partial charge in [-0.3, -0.25) is 0 Å². The molecule has 116 valence electrons. The quantitative estimate of drug-likeness (QED) is 0.301. The third kappa shape index (κ3) is 3.19. The predicted molar refractivity (Wildman–Crippen MR) is 92.7 cm³/mol. The zero-order valence-electron chi connectivity index (χ0n) is 13.0. The molecule has 0 radical (unpaired) electrons. The van der Waals surface area contributed by atoms with Crippen LogP contribution in [-0.2, 0) is 9.53 Å². The monoisotopic (exact) mass is 306 g/mol. The maximum absolute atomic E-state index is 11.4. The lowest BCUT2D eigenvalue weighted by Gasteiger charge is -2.13. The fourth-order valence-corrected chi connectivity index (χ4v) is 2.53. The Morgan fingerprint density at radius 3 is 2.09 bits per heavy atom. The third-order valence-electron chi connectivity index (χ3n) is 3.63. The Labute approximate surface area is 135 Å². The van der Waals surface area contributed by atoms with Crippen LogP contribution >= 0.6 is 0 Å². The number of ether oxygens (including phenoxy) is 2. The number of hydrogen-bond donors (Lipinski definition) is 0. The van der Waals surface area contributed by atoms with Crippen LogP contribution in [0.5, 0.6) is 5.75 Å². The first kappa shape index (κ1) is 15.1. The molecule has 0 saturated heterocycles. The molecular weight excluding hydrogens is 288 g/mol. The highest BCUT2D eigenvalue weighted by atomic mass is 16.6. The molecule has 0 aliphatic rings. The summed E-state index contributed by atoms with van der Waals surface area (Å²) in [5.41, 5.74) is 0.389. The van der Waals surface area contributed by atoms with Crippen LogP contribution in [0.4, 0.5) is 0 Å². The molecule has 3 aromatic carbocycles. The van der Waals surface area contributed by atoms with Crippen LogP contribution in [0, 0.1) is 0 Å². The average molecular weight is 306 g/mol. The number of fused-ring (bicyclic) bond motifs is 2. The van der Waals surface area contributed by atoms with Gasteiger partial charge in [-0.25, -0.2) is 4.79 Å². The molecule has 0 spiro atoms. The summed E-state index contributed by atoms with van der Waals surface area (Å²) >= 11 is 0. The van der Waals surface area contributed by atoms with Crippen molar-refractivity contribution in [1.82, 2.24) is 0 Å². The van der Waals surface area contributed by atoms with Gasteiger partial charge in [0.1, 0.15) is 19.0 Å². The largest absolute Gasteiger partial charge is 0.489 e. The molecular formula is C20H18O3. The molecule has 23 heavy (non-hydrogen) atoms. The van der Waals surface area contributed by atoms with E-state index in [0.29, 0.717) is 12.2 Å². The SMILES string of the molecule is C=C(C)C(=O)OCCOc1c2ccccc2cc2ccccc12. The van der Waals surface area contributed by atoms with Gasteiger partial charge in [-0.05, 0) is 23.8 Å². The third-order valence-corrected chi connectivity index (χ3v) is 3.63. The molecule has 3 heteroatoms. The molecule has 0 heterocycles. The highest BCUT2D eigenvalue weighted by molar-refractivity contribution is 6.05. The lowest BCUT2D eigenvalue weighted by Crippen LogP contribution is -2.12. The molecule has 0 amide bonds. The zero-order chi connectivity index (χ0) is 16.2. The molecule has 0 aliphatic carbocycles. The maximum atomic E-state index is 11.4. The molecule has 0 aromatic heterocycles.